The van der Waals surface area contributed by atoms with Crippen LogP contribution >= 0.6 is 0 Å². The van der Waals surface area contributed by atoms with Crippen LogP contribution in [-0.4, -0.2) is 23.9 Å². The average Bonchev–Trinajstić information content (AvgIpc) is 2.38. The Kier molecular flexibility index (Phi) is 5.81. The van der Waals surface area contributed by atoms with Gasteiger partial charge in [0.25, 0.3) is 0 Å². The SMILES string of the molecule is CCN(CCC#N)C(=O)CCc1ccccc1. The molecule has 0 N–H and O–H groups in total. The summed E-state index contributed by atoms with van der Waals surface area (Å²) in [7, 11) is 0. The van der Waals surface area contributed by atoms with Gasteiger partial charge < -0.3 is 4.90 Å². The number of nitrogens with zero attached hydrogens (tertiary/aromatic N) is 2. The third-order valence-electron chi connectivity index (χ3n) is 2.70. The van der Waals surface area contributed by atoms with Crippen LogP contribution in [0.15, 0.2) is 30.3 Å². The van der Waals surface area contributed by atoms with Gasteiger partial charge in [0.2, 0.25) is 5.91 Å². The molecule has 0 saturated heterocycles. The van der Waals surface area contributed by atoms with Crippen molar-refractivity contribution in [3.8, 4) is 6.07 Å². The summed E-state index contributed by atoms with van der Waals surface area (Å²) in [6.45, 7) is 3.16. The van der Waals surface area contributed by atoms with Gasteiger partial charge in [-0.25, -0.2) is 0 Å². The van der Waals surface area contributed by atoms with Crippen LogP contribution < -0.4 is 0 Å². The van der Waals surface area contributed by atoms with Gasteiger partial charge in [-0.3, -0.25) is 4.79 Å². The first-order valence-corrected chi connectivity index (χ1v) is 5.96. The van der Waals surface area contributed by atoms with Crippen molar-refractivity contribution in [1.82, 2.24) is 4.90 Å². The number of benzene rings is 1. The summed E-state index contributed by atoms with van der Waals surface area (Å²) in [6, 6.07) is 12.0. The van der Waals surface area contributed by atoms with E-state index in [1.165, 1.54) is 5.56 Å². The van der Waals surface area contributed by atoms with Crippen molar-refractivity contribution in [2.24, 2.45) is 0 Å². The number of hydrogen-bond donors (Lipinski definition) is 0. The standard InChI is InChI=1S/C14H18N2O/c1-2-16(12-6-11-15)14(17)10-9-13-7-4-3-5-8-13/h3-5,7-8H,2,6,9-10,12H2,1H3. The van der Waals surface area contributed by atoms with Crippen LogP contribution in [0.2, 0.25) is 0 Å². The third-order valence-corrected chi connectivity index (χ3v) is 2.70. The molecule has 0 unspecified atom stereocenters. The number of aryl methyl sites for hydroxylation is 1. The predicted octanol–water partition coefficient (Wildman–Crippen LogP) is 2.38. The van der Waals surface area contributed by atoms with Gasteiger partial charge in [0.15, 0.2) is 0 Å². The number of nitriles is 1. The molecule has 0 heterocycles. The van der Waals surface area contributed by atoms with Gasteiger partial charge in [-0.1, -0.05) is 30.3 Å². The average molecular weight is 230 g/mol. The molecule has 3 heteroatoms. The van der Waals surface area contributed by atoms with Gasteiger partial charge in [-0.15, -0.1) is 0 Å². The molecular weight excluding hydrogens is 212 g/mol. The monoisotopic (exact) mass is 230 g/mol. The fraction of sp³-hybridized carbons (Fsp3) is 0.429. The van der Waals surface area contributed by atoms with Gasteiger partial charge in [-0.2, -0.15) is 5.26 Å². The maximum absolute atomic E-state index is 11.9. The minimum absolute atomic E-state index is 0.131. The molecule has 0 bridgehead atoms. The molecule has 0 aliphatic heterocycles. The summed E-state index contributed by atoms with van der Waals surface area (Å²) in [5.41, 5.74) is 1.18. The highest BCUT2D eigenvalue weighted by atomic mass is 16.2. The van der Waals surface area contributed by atoms with E-state index in [1.54, 1.807) is 4.90 Å². The molecule has 0 spiro atoms. The molecule has 0 fully saturated rings. The zero-order valence-corrected chi connectivity index (χ0v) is 10.2. The zero-order chi connectivity index (χ0) is 12.5. The Morgan fingerprint density at radius 3 is 2.65 bits per heavy atom. The molecule has 3 nitrogen and oxygen atoms in total. The molecule has 0 atom stereocenters. The van der Waals surface area contributed by atoms with Crippen molar-refractivity contribution in [2.75, 3.05) is 13.1 Å². The second-order valence-corrected chi connectivity index (χ2v) is 3.87. The van der Waals surface area contributed by atoms with Gasteiger partial charge in [0.05, 0.1) is 12.5 Å². The van der Waals surface area contributed by atoms with E-state index >= 15 is 0 Å². The summed E-state index contributed by atoms with van der Waals surface area (Å²) in [5.74, 6) is 0.131. The summed E-state index contributed by atoms with van der Waals surface area (Å²) in [6.07, 6.45) is 1.69. The zero-order valence-electron chi connectivity index (χ0n) is 10.2. The van der Waals surface area contributed by atoms with E-state index in [0.717, 1.165) is 6.42 Å². The lowest BCUT2D eigenvalue weighted by Gasteiger charge is -2.19. The highest BCUT2D eigenvalue weighted by Gasteiger charge is 2.10. The van der Waals surface area contributed by atoms with Crippen LogP contribution in [0.25, 0.3) is 0 Å². The number of carbonyl (C=O) groups is 1. The van der Waals surface area contributed by atoms with Crippen molar-refractivity contribution in [3.63, 3.8) is 0 Å². The van der Waals surface area contributed by atoms with E-state index in [4.69, 9.17) is 5.26 Å². The molecule has 0 aromatic heterocycles. The Balaban J connectivity index is 2.40. The van der Waals surface area contributed by atoms with Crippen molar-refractivity contribution in [1.29, 1.82) is 5.26 Å². The molecule has 90 valence electrons. The molecule has 0 aliphatic rings. The summed E-state index contributed by atoms with van der Waals surface area (Å²) >= 11 is 0. The maximum Gasteiger partial charge on any atom is 0.222 e. The van der Waals surface area contributed by atoms with Crippen LogP contribution in [0.4, 0.5) is 0 Å². The van der Waals surface area contributed by atoms with Crippen molar-refractivity contribution in [2.45, 2.75) is 26.2 Å². The van der Waals surface area contributed by atoms with E-state index in [9.17, 15) is 4.79 Å². The van der Waals surface area contributed by atoms with Crippen LogP contribution in [0.5, 0.6) is 0 Å². The first-order valence-electron chi connectivity index (χ1n) is 5.96. The van der Waals surface area contributed by atoms with Crippen LogP contribution in [0.3, 0.4) is 0 Å². The number of carbonyl (C=O) groups excluding carboxylic acids is 1. The largest absolute Gasteiger partial charge is 0.342 e. The fourth-order valence-electron chi connectivity index (χ4n) is 1.70. The molecular formula is C14H18N2O. The molecule has 0 radical (unpaired) electrons. The Hall–Kier alpha value is -1.82. The quantitative estimate of drug-likeness (QED) is 0.753. The fourth-order valence-corrected chi connectivity index (χ4v) is 1.70. The molecule has 1 rings (SSSR count). The number of rotatable bonds is 6. The Bertz CT molecular complexity index is 381. The van der Waals surface area contributed by atoms with E-state index in [1.807, 2.05) is 37.3 Å². The summed E-state index contributed by atoms with van der Waals surface area (Å²) in [5, 5.41) is 8.51. The van der Waals surface area contributed by atoms with E-state index in [-0.39, 0.29) is 5.91 Å². The van der Waals surface area contributed by atoms with Gasteiger partial charge in [-0.05, 0) is 18.9 Å². The second-order valence-electron chi connectivity index (χ2n) is 3.87. The number of amides is 1. The molecule has 1 amide bonds. The second kappa shape index (κ2) is 7.45. The summed E-state index contributed by atoms with van der Waals surface area (Å²) < 4.78 is 0. The lowest BCUT2D eigenvalue weighted by molar-refractivity contribution is -0.130. The smallest absolute Gasteiger partial charge is 0.222 e. The molecule has 0 saturated carbocycles. The molecule has 1 aromatic rings. The molecule has 0 aliphatic carbocycles. The van der Waals surface area contributed by atoms with Crippen LogP contribution in [-0.2, 0) is 11.2 Å². The lowest BCUT2D eigenvalue weighted by Crippen LogP contribution is -2.31. The summed E-state index contributed by atoms with van der Waals surface area (Å²) in [4.78, 5) is 13.6. The normalized spacial score (nSPS) is 9.65. The minimum atomic E-state index is 0.131. The Morgan fingerprint density at radius 1 is 1.35 bits per heavy atom. The van der Waals surface area contributed by atoms with Crippen molar-refractivity contribution >= 4 is 5.91 Å². The van der Waals surface area contributed by atoms with Crippen molar-refractivity contribution < 1.29 is 4.79 Å². The first kappa shape index (κ1) is 13.2. The predicted molar refractivity (Wildman–Crippen MR) is 67.2 cm³/mol. The van der Waals surface area contributed by atoms with Crippen LogP contribution in [0, 0.1) is 11.3 Å². The van der Waals surface area contributed by atoms with Gasteiger partial charge in [0.1, 0.15) is 0 Å². The highest BCUT2D eigenvalue weighted by molar-refractivity contribution is 5.76. The molecule has 17 heavy (non-hydrogen) atoms. The van der Waals surface area contributed by atoms with Gasteiger partial charge in [0, 0.05) is 19.5 Å². The van der Waals surface area contributed by atoms with Crippen LogP contribution in [0.1, 0.15) is 25.3 Å². The Labute approximate surface area is 103 Å². The van der Waals surface area contributed by atoms with Crippen molar-refractivity contribution in [3.05, 3.63) is 35.9 Å². The van der Waals surface area contributed by atoms with E-state index in [0.29, 0.717) is 25.9 Å². The van der Waals surface area contributed by atoms with E-state index < -0.39 is 0 Å². The minimum Gasteiger partial charge on any atom is -0.342 e. The van der Waals surface area contributed by atoms with Gasteiger partial charge >= 0.3 is 0 Å². The lowest BCUT2D eigenvalue weighted by atomic mass is 10.1. The maximum atomic E-state index is 11.9. The van der Waals surface area contributed by atoms with E-state index in [2.05, 4.69) is 6.07 Å². The first-order chi connectivity index (χ1) is 8.27. The Morgan fingerprint density at radius 2 is 2.06 bits per heavy atom. The third kappa shape index (κ3) is 4.69. The topological polar surface area (TPSA) is 44.1 Å². The molecule has 1 aromatic carbocycles. The number of hydrogen-bond acceptors (Lipinski definition) is 2. The highest BCUT2D eigenvalue weighted by Crippen LogP contribution is 2.05.